The Kier molecular flexibility index (Phi) is 6.93. The number of rotatable bonds is 9. The Morgan fingerprint density at radius 3 is 2.79 bits per heavy atom. The monoisotopic (exact) mass is 266 g/mol. The molecular formula is C13H22N4O2. The number of anilines is 1. The first-order chi connectivity index (χ1) is 9.20. The maximum atomic E-state index is 9.06. The summed E-state index contributed by atoms with van der Waals surface area (Å²) in [6.07, 6.45) is 1.97. The highest BCUT2D eigenvalue weighted by molar-refractivity contribution is 5.54. The third kappa shape index (κ3) is 4.89. The Balaban J connectivity index is 2.21. The minimum absolute atomic E-state index is 0.624. The van der Waals surface area contributed by atoms with Crippen LogP contribution in [-0.2, 0) is 16.5 Å². The van der Waals surface area contributed by atoms with E-state index in [9.17, 15) is 0 Å². The first-order valence-corrected chi connectivity index (χ1v) is 6.45. The fourth-order valence-electron chi connectivity index (χ4n) is 1.78. The SMILES string of the molecule is COCCOCCCCNc1c(C#N)c(C)nn1C. The third-order valence-corrected chi connectivity index (χ3v) is 2.77. The molecule has 0 aliphatic carbocycles. The van der Waals surface area contributed by atoms with Crippen LogP contribution in [0.1, 0.15) is 24.1 Å². The van der Waals surface area contributed by atoms with Gasteiger partial charge >= 0.3 is 0 Å². The molecule has 0 bridgehead atoms. The summed E-state index contributed by atoms with van der Waals surface area (Å²) in [5.74, 6) is 0.792. The minimum Gasteiger partial charge on any atom is -0.382 e. The van der Waals surface area contributed by atoms with Crippen molar-refractivity contribution >= 4 is 5.82 Å². The van der Waals surface area contributed by atoms with Crippen LogP contribution in [0.3, 0.4) is 0 Å². The van der Waals surface area contributed by atoms with Crippen molar-refractivity contribution in [1.29, 1.82) is 5.26 Å². The van der Waals surface area contributed by atoms with Crippen molar-refractivity contribution in [3.05, 3.63) is 11.3 Å². The molecule has 0 saturated carbocycles. The van der Waals surface area contributed by atoms with Crippen LogP contribution in [0.4, 0.5) is 5.82 Å². The second-order valence-corrected chi connectivity index (χ2v) is 4.28. The Morgan fingerprint density at radius 2 is 2.11 bits per heavy atom. The smallest absolute Gasteiger partial charge is 0.142 e. The predicted octanol–water partition coefficient (Wildman–Crippen LogP) is 1.46. The molecule has 0 aliphatic rings. The van der Waals surface area contributed by atoms with Crippen molar-refractivity contribution in [2.24, 2.45) is 7.05 Å². The van der Waals surface area contributed by atoms with E-state index in [4.69, 9.17) is 14.7 Å². The van der Waals surface area contributed by atoms with E-state index in [-0.39, 0.29) is 0 Å². The van der Waals surface area contributed by atoms with Gasteiger partial charge in [-0.05, 0) is 19.8 Å². The number of unbranched alkanes of at least 4 members (excludes halogenated alkanes) is 1. The van der Waals surface area contributed by atoms with E-state index in [1.54, 1.807) is 11.8 Å². The van der Waals surface area contributed by atoms with Crippen molar-refractivity contribution in [3.63, 3.8) is 0 Å². The van der Waals surface area contributed by atoms with Gasteiger partial charge in [0.25, 0.3) is 0 Å². The molecular weight excluding hydrogens is 244 g/mol. The van der Waals surface area contributed by atoms with Gasteiger partial charge in [0.1, 0.15) is 17.5 Å². The average molecular weight is 266 g/mol. The minimum atomic E-state index is 0.624. The van der Waals surface area contributed by atoms with Gasteiger partial charge in [-0.2, -0.15) is 10.4 Å². The summed E-state index contributed by atoms with van der Waals surface area (Å²) < 4.78 is 12.0. The second kappa shape index (κ2) is 8.51. The highest BCUT2D eigenvalue weighted by atomic mass is 16.5. The fraction of sp³-hybridized carbons (Fsp3) is 0.692. The highest BCUT2D eigenvalue weighted by Crippen LogP contribution is 2.17. The molecule has 0 amide bonds. The predicted molar refractivity (Wildman–Crippen MR) is 73.1 cm³/mol. The van der Waals surface area contributed by atoms with Crippen molar-refractivity contribution in [2.75, 3.05) is 38.8 Å². The molecule has 0 saturated heterocycles. The summed E-state index contributed by atoms with van der Waals surface area (Å²) in [4.78, 5) is 0. The molecule has 0 radical (unpaired) electrons. The van der Waals surface area contributed by atoms with Crippen molar-refractivity contribution < 1.29 is 9.47 Å². The molecule has 106 valence electrons. The fourth-order valence-corrected chi connectivity index (χ4v) is 1.78. The molecule has 0 aromatic carbocycles. The molecule has 1 heterocycles. The summed E-state index contributed by atoms with van der Waals surface area (Å²) in [5, 5.41) is 16.5. The molecule has 6 heteroatoms. The third-order valence-electron chi connectivity index (χ3n) is 2.77. The van der Waals surface area contributed by atoms with Crippen LogP contribution in [0.2, 0.25) is 0 Å². The van der Waals surface area contributed by atoms with E-state index in [1.165, 1.54) is 0 Å². The van der Waals surface area contributed by atoms with E-state index < -0.39 is 0 Å². The average Bonchev–Trinajstić information content (AvgIpc) is 2.66. The molecule has 19 heavy (non-hydrogen) atoms. The van der Waals surface area contributed by atoms with Crippen LogP contribution in [0.25, 0.3) is 0 Å². The first-order valence-electron chi connectivity index (χ1n) is 6.45. The van der Waals surface area contributed by atoms with Crippen LogP contribution in [0.5, 0.6) is 0 Å². The van der Waals surface area contributed by atoms with E-state index >= 15 is 0 Å². The number of aromatic nitrogens is 2. The number of nitrogens with one attached hydrogen (secondary N) is 1. The Morgan fingerprint density at radius 1 is 1.32 bits per heavy atom. The zero-order valence-corrected chi connectivity index (χ0v) is 11.9. The zero-order chi connectivity index (χ0) is 14.1. The number of methoxy groups -OCH3 is 1. The van der Waals surface area contributed by atoms with Gasteiger partial charge in [-0.25, -0.2) is 0 Å². The molecule has 0 unspecified atom stereocenters. The molecule has 0 atom stereocenters. The lowest BCUT2D eigenvalue weighted by Crippen LogP contribution is -2.09. The molecule has 0 fully saturated rings. The number of hydrogen-bond acceptors (Lipinski definition) is 5. The lowest BCUT2D eigenvalue weighted by atomic mass is 10.2. The van der Waals surface area contributed by atoms with Crippen LogP contribution >= 0.6 is 0 Å². The highest BCUT2D eigenvalue weighted by Gasteiger charge is 2.11. The van der Waals surface area contributed by atoms with Gasteiger partial charge in [-0.3, -0.25) is 4.68 Å². The Labute approximate surface area is 114 Å². The second-order valence-electron chi connectivity index (χ2n) is 4.28. The van der Waals surface area contributed by atoms with Crippen molar-refractivity contribution in [2.45, 2.75) is 19.8 Å². The molecule has 1 aromatic heterocycles. The number of nitrogens with zero attached hydrogens (tertiary/aromatic N) is 3. The van der Waals surface area contributed by atoms with Crippen LogP contribution < -0.4 is 5.32 Å². The molecule has 1 N–H and O–H groups in total. The van der Waals surface area contributed by atoms with Gasteiger partial charge in [0, 0.05) is 27.3 Å². The van der Waals surface area contributed by atoms with Gasteiger partial charge in [-0.15, -0.1) is 0 Å². The van der Waals surface area contributed by atoms with E-state index in [1.807, 2.05) is 14.0 Å². The van der Waals surface area contributed by atoms with E-state index in [2.05, 4.69) is 16.5 Å². The van der Waals surface area contributed by atoms with Gasteiger partial charge in [0.15, 0.2) is 0 Å². The van der Waals surface area contributed by atoms with Gasteiger partial charge in [0.2, 0.25) is 0 Å². The van der Waals surface area contributed by atoms with Gasteiger partial charge < -0.3 is 14.8 Å². The van der Waals surface area contributed by atoms with Crippen LogP contribution in [-0.4, -0.2) is 43.3 Å². The summed E-state index contributed by atoms with van der Waals surface area (Å²) in [6, 6.07) is 2.18. The maximum Gasteiger partial charge on any atom is 0.142 e. The lowest BCUT2D eigenvalue weighted by Gasteiger charge is -2.07. The summed E-state index contributed by atoms with van der Waals surface area (Å²) in [7, 11) is 3.50. The molecule has 1 rings (SSSR count). The normalized spacial score (nSPS) is 10.4. The number of ether oxygens (including phenoxy) is 2. The number of hydrogen-bond donors (Lipinski definition) is 1. The number of aryl methyl sites for hydroxylation is 2. The molecule has 1 aromatic rings. The standard InChI is InChI=1S/C13H22N4O2/c1-11-12(10-14)13(17(2)16-11)15-6-4-5-7-19-9-8-18-3/h15H,4-9H2,1-3H3. The van der Waals surface area contributed by atoms with E-state index in [0.29, 0.717) is 18.8 Å². The number of nitriles is 1. The van der Waals surface area contributed by atoms with Crippen LogP contribution in [0.15, 0.2) is 0 Å². The van der Waals surface area contributed by atoms with Crippen molar-refractivity contribution in [1.82, 2.24) is 9.78 Å². The quantitative estimate of drug-likeness (QED) is 0.685. The maximum absolute atomic E-state index is 9.06. The Hall–Kier alpha value is -1.58. The summed E-state index contributed by atoms with van der Waals surface area (Å²) in [5.41, 5.74) is 1.38. The van der Waals surface area contributed by atoms with Gasteiger partial charge in [-0.1, -0.05) is 0 Å². The topological polar surface area (TPSA) is 72.1 Å². The van der Waals surface area contributed by atoms with Crippen molar-refractivity contribution in [3.8, 4) is 6.07 Å². The van der Waals surface area contributed by atoms with Gasteiger partial charge in [0.05, 0.1) is 18.9 Å². The molecule has 0 spiro atoms. The lowest BCUT2D eigenvalue weighted by molar-refractivity contribution is 0.0691. The zero-order valence-electron chi connectivity index (χ0n) is 11.9. The largest absolute Gasteiger partial charge is 0.382 e. The van der Waals surface area contributed by atoms with E-state index in [0.717, 1.165) is 37.5 Å². The summed E-state index contributed by atoms with van der Waals surface area (Å²) in [6.45, 7) is 4.66. The summed E-state index contributed by atoms with van der Waals surface area (Å²) >= 11 is 0. The first kappa shape index (κ1) is 15.5. The Bertz CT molecular complexity index is 423. The molecule has 6 nitrogen and oxygen atoms in total. The van der Waals surface area contributed by atoms with Crippen LogP contribution in [0, 0.1) is 18.3 Å². The molecule has 0 aliphatic heterocycles.